The van der Waals surface area contributed by atoms with Gasteiger partial charge in [0.25, 0.3) is 5.69 Å². The fourth-order valence-corrected chi connectivity index (χ4v) is 3.89. The Balaban J connectivity index is 1.59. The van der Waals surface area contributed by atoms with Crippen LogP contribution in [0, 0.1) is 16.0 Å². The van der Waals surface area contributed by atoms with Crippen molar-refractivity contribution in [1.82, 2.24) is 20.0 Å². The van der Waals surface area contributed by atoms with Crippen molar-refractivity contribution in [3.63, 3.8) is 0 Å². The third kappa shape index (κ3) is 6.98. The number of carbonyl (C=O) groups excluding carboxylic acids is 1. The van der Waals surface area contributed by atoms with Crippen LogP contribution in [-0.2, 0) is 11.3 Å². The highest BCUT2D eigenvalue weighted by atomic mass is 16.6. The molecule has 1 aromatic carbocycles. The number of non-ortho nitro benzene ring substituents is 1. The van der Waals surface area contributed by atoms with E-state index >= 15 is 0 Å². The number of carbonyl (C=O) groups is 1. The lowest BCUT2D eigenvalue weighted by atomic mass is 9.97. The van der Waals surface area contributed by atoms with E-state index in [1.807, 2.05) is 34.6 Å². The molecular weight excluding hydrogens is 426 g/mol. The SMILES string of the molecule is CC(C)N(CC1CCCN(Cc2nnc(-c3ccc([N+](=O)[O-])cc3)o2)C1)C(=O)OC(C)(C)C. The predicted molar refractivity (Wildman–Crippen MR) is 122 cm³/mol. The van der Waals surface area contributed by atoms with Gasteiger partial charge in [0.1, 0.15) is 5.60 Å². The van der Waals surface area contributed by atoms with E-state index in [2.05, 4.69) is 15.1 Å². The Morgan fingerprint density at radius 1 is 1.30 bits per heavy atom. The van der Waals surface area contributed by atoms with E-state index < -0.39 is 10.5 Å². The van der Waals surface area contributed by atoms with Crippen LogP contribution in [0.15, 0.2) is 28.7 Å². The average Bonchev–Trinajstić information content (AvgIpc) is 3.19. The van der Waals surface area contributed by atoms with Gasteiger partial charge in [0, 0.05) is 36.8 Å². The van der Waals surface area contributed by atoms with Crippen molar-refractivity contribution in [2.75, 3.05) is 19.6 Å². The molecule has 0 radical (unpaired) electrons. The zero-order chi connectivity index (χ0) is 24.2. The number of amides is 1. The summed E-state index contributed by atoms with van der Waals surface area (Å²) in [7, 11) is 0. The number of hydrogen-bond donors (Lipinski definition) is 0. The highest BCUT2D eigenvalue weighted by Gasteiger charge is 2.29. The van der Waals surface area contributed by atoms with Crippen molar-refractivity contribution in [2.24, 2.45) is 5.92 Å². The van der Waals surface area contributed by atoms with Crippen LogP contribution in [0.1, 0.15) is 53.4 Å². The van der Waals surface area contributed by atoms with Gasteiger partial charge in [-0.15, -0.1) is 10.2 Å². The molecule has 2 aromatic rings. The van der Waals surface area contributed by atoms with Crippen LogP contribution in [0.2, 0.25) is 0 Å². The number of aromatic nitrogens is 2. The first-order chi connectivity index (χ1) is 15.5. The lowest BCUT2D eigenvalue weighted by molar-refractivity contribution is -0.384. The van der Waals surface area contributed by atoms with Crippen molar-refractivity contribution in [3.05, 3.63) is 40.3 Å². The zero-order valence-corrected chi connectivity index (χ0v) is 20.0. The molecule has 1 saturated heterocycles. The molecule has 1 amide bonds. The maximum Gasteiger partial charge on any atom is 0.410 e. The normalized spacial score (nSPS) is 17.2. The maximum absolute atomic E-state index is 12.7. The second-order valence-electron chi connectivity index (χ2n) is 9.77. The largest absolute Gasteiger partial charge is 0.444 e. The number of rotatable bonds is 7. The number of piperidine rings is 1. The molecule has 1 aliphatic rings. The minimum absolute atomic E-state index is 0.0136. The summed E-state index contributed by atoms with van der Waals surface area (Å²) in [5, 5.41) is 19.1. The van der Waals surface area contributed by atoms with E-state index in [9.17, 15) is 14.9 Å². The predicted octanol–water partition coefficient (Wildman–Crippen LogP) is 4.50. The fourth-order valence-electron chi connectivity index (χ4n) is 3.89. The molecule has 1 aromatic heterocycles. The monoisotopic (exact) mass is 459 g/mol. The summed E-state index contributed by atoms with van der Waals surface area (Å²) in [6.07, 6.45) is 1.79. The van der Waals surface area contributed by atoms with E-state index in [-0.39, 0.29) is 17.8 Å². The standard InChI is InChI=1S/C23H33N5O5/c1-16(2)27(22(29)33-23(3,4)5)14-17-7-6-12-26(13-17)15-20-24-25-21(32-20)18-8-10-19(11-9-18)28(30)31/h8-11,16-17H,6-7,12-15H2,1-5H3. The van der Waals surface area contributed by atoms with Crippen LogP contribution in [0.4, 0.5) is 10.5 Å². The van der Waals surface area contributed by atoms with E-state index in [0.29, 0.717) is 36.4 Å². The van der Waals surface area contributed by atoms with Crippen LogP contribution >= 0.6 is 0 Å². The second kappa shape index (κ2) is 10.3. The van der Waals surface area contributed by atoms with Gasteiger partial charge in [-0.3, -0.25) is 15.0 Å². The summed E-state index contributed by atoms with van der Waals surface area (Å²) in [4.78, 5) is 27.1. The van der Waals surface area contributed by atoms with Gasteiger partial charge in [0.2, 0.25) is 11.8 Å². The number of nitrogens with zero attached hydrogens (tertiary/aromatic N) is 5. The first kappa shape index (κ1) is 24.6. The number of hydrogen-bond acceptors (Lipinski definition) is 8. The van der Waals surface area contributed by atoms with Crippen molar-refractivity contribution >= 4 is 11.8 Å². The first-order valence-electron chi connectivity index (χ1n) is 11.3. The van der Waals surface area contributed by atoms with Crippen LogP contribution < -0.4 is 0 Å². The molecule has 0 spiro atoms. The minimum Gasteiger partial charge on any atom is -0.444 e. The van der Waals surface area contributed by atoms with E-state index in [0.717, 1.165) is 25.9 Å². The van der Waals surface area contributed by atoms with Gasteiger partial charge in [-0.2, -0.15) is 0 Å². The smallest absolute Gasteiger partial charge is 0.410 e. The van der Waals surface area contributed by atoms with Crippen molar-refractivity contribution in [3.8, 4) is 11.5 Å². The Labute approximate surface area is 194 Å². The molecule has 0 aliphatic carbocycles. The highest BCUT2D eigenvalue weighted by Crippen LogP contribution is 2.24. The molecule has 180 valence electrons. The Hall–Kier alpha value is -3.01. The molecule has 1 unspecified atom stereocenters. The molecule has 10 heteroatoms. The van der Waals surface area contributed by atoms with Gasteiger partial charge < -0.3 is 14.1 Å². The zero-order valence-electron chi connectivity index (χ0n) is 20.0. The first-order valence-corrected chi connectivity index (χ1v) is 11.3. The van der Waals surface area contributed by atoms with Crippen molar-refractivity contribution in [1.29, 1.82) is 0 Å². The Morgan fingerprint density at radius 2 is 2.00 bits per heavy atom. The van der Waals surface area contributed by atoms with Gasteiger partial charge in [-0.25, -0.2) is 4.79 Å². The summed E-state index contributed by atoms with van der Waals surface area (Å²) in [6, 6.07) is 6.09. The summed E-state index contributed by atoms with van der Waals surface area (Å²) in [5.74, 6) is 1.16. The second-order valence-corrected chi connectivity index (χ2v) is 9.77. The van der Waals surface area contributed by atoms with Crippen LogP contribution in [0.5, 0.6) is 0 Å². The Bertz CT molecular complexity index is 951. The maximum atomic E-state index is 12.7. The molecule has 1 aliphatic heterocycles. The molecule has 33 heavy (non-hydrogen) atoms. The van der Waals surface area contributed by atoms with E-state index in [4.69, 9.17) is 9.15 Å². The Morgan fingerprint density at radius 3 is 2.61 bits per heavy atom. The lowest BCUT2D eigenvalue weighted by Gasteiger charge is -2.37. The lowest BCUT2D eigenvalue weighted by Crippen LogP contribution is -2.46. The Kier molecular flexibility index (Phi) is 7.68. The topological polar surface area (TPSA) is 115 Å². The molecule has 0 bridgehead atoms. The number of nitro benzene ring substituents is 1. The summed E-state index contributed by atoms with van der Waals surface area (Å²) in [5.41, 5.74) is 0.128. The number of likely N-dealkylation sites (tertiary alicyclic amines) is 1. The van der Waals surface area contributed by atoms with Gasteiger partial charge >= 0.3 is 6.09 Å². The molecule has 0 N–H and O–H groups in total. The third-order valence-corrected chi connectivity index (χ3v) is 5.46. The van der Waals surface area contributed by atoms with Crippen LogP contribution in [-0.4, -0.2) is 62.3 Å². The molecular formula is C23H33N5O5. The van der Waals surface area contributed by atoms with Gasteiger partial charge in [0.05, 0.1) is 11.5 Å². The van der Waals surface area contributed by atoms with E-state index in [1.165, 1.54) is 12.1 Å². The fraction of sp³-hybridized carbons (Fsp3) is 0.609. The van der Waals surface area contributed by atoms with Gasteiger partial charge in [0.15, 0.2) is 0 Å². The molecule has 10 nitrogen and oxygen atoms in total. The summed E-state index contributed by atoms with van der Waals surface area (Å²) < 4.78 is 11.4. The molecule has 3 rings (SSSR count). The van der Waals surface area contributed by atoms with Crippen molar-refractivity contribution < 1.29 is 18.9 Å². The summed E-state index contributed by atoms with van der Waals surface area (Å²) in [6.45, 7) is 12.5. The number of ether oxygens (including phenoxy) is 1. The molecule has 1 atom stereocenters. The quantitative estimate of drug-likeness (QED) is 0.439. The molecule has 1 fully saturated rings. The average molecular weight is 460 g/mol. The van der Waals surface area contributed by atoms with E-state index in [1.54, 1.807) is 17.0 Å². The van der Waals surface area contributed by atoms with Gasteiger partial charge in [-0.1, -0.05) is 0 Å². The summed E-state index contributed by atoms with van der Waals surface area (Å²) >= 11 is 0. The van der Waals surface area contributed by atoms with Crippen molar-refractivity contribution in [2.45, 2.75) is 65.6 Å². The third-order valence-electron chi connectivity index (χ3n) is 5.46. The van der Waals surface area contributed by atoms with Crippen LogP contribution in [0.25, 0.3) is 11.5 Å². The molecule has 0 saturated carbocycles. The molecule has 2 heterocycles. The highest BCUT2D eigenvalue weighted by molar-refractivity contribution is 5.68. The number of benzene rings is 1. The minimum atomic E-state index is -0.526. The van der Waals surface area contributed by atoms with Crippen LogP contribution in [0.3, 0.4) is 0 Å². The van der Waals surface area contributed by atoms with Gasteiger partial charge in [-0.05, 0) is 72.1 Å². The number of nitro groups is 1.